The zero-order valence-corrected chi connectivity index (χ0v) is 11.3. The molecular weight excluding hydrogens is 254 g/mol. The van der Waals surface area contributed by atoms with Crippen LogP contribution in [-0.4, -0.2) is 16.5 Å². The van der Waals surface area contributed by atoms with Crippen LogP contribution in [0.2, 0.25) is 0 Å². The number of hydrogen-bond acceptors (Lipinski definition) is 4. The average Bonchev–Trinajstić information content (AvgIpc) is 2.48. The van der Waals surface area contributed by atoms with Crippen molar-refractivity contribution in [2.75, 3.05) is 11.9 Å². The summed E-state index contributed by atoms with van der Waals surface area (Å²) in [7, 11) is 0. The summed E-state index contributed by atoms with van der Waals surface area (Å²) in [5.41, 5.74) is 1.28. The van der Waals surface area contributed by atoms with Crippen molar-refractivity contribution in [2.45, 2.75) is 19.3 Å². The minimum atomic E-state index is -0.421. The van der Waals surface area contributed by atoms with Gasteiger partial charge < -0.3 is 5.32 Å². The van der Waals surface area contributed by atoms with E-state index in [1.807, 2.05) is 18.2 Å². The van der Waals surface area contributed by atoms with Crippen molar-refractivity contribution in [2.24, 2.45) is 0 Å². The van der Waals surface area contributed by atoms with Crippen LogP contribution in [0.5, 0.6) is 0 Å². The van der Waals surface area contributed by atoms with E-state index in [1.165, 1.54) is 11.6 Å². The second-order valence-corrected chi connectivity index (χ2v) is 4.66. The maximum atomic E-state index is 10.9. The Bertz CT molecular complexity index is 572. The van der Waals surface area contributed by atoms with Crippen molar-refractivity contribution in [3.05, 3.63) is 64.3 Å². The fourth-order valence-electron chi connectivity index (χ4n) is 2.04. The van der Waals surface area contributed by atoms with Gasteiger partial charge >= 0.3 is 5.69 Å². The average molecular weight is 271 g/mol. The molecule has 1 heterocycles. The quantitative estimate of drug-likeness (QED) is 0.644. The molecule has 1 aromatic heterocycles. The van der Waals surface area contributed by atoms with Gasteiger partial charge in [0, 0.05) is 18.8 Å². The molecule has 0 saturated heterocycles. The number of nitrogens with zero attached hydrogens (tertiary/aromatic N) is 2. The first kappa shape index (κ1) is 14.0. The molecule has 0 fully saturated rings. The van der Waals surface area contributed by atoms with Gasteiger partial charge in [-0.25, -0.2) is 4.98 Å². The van der Waals surface area contributed by atoms with Gasteiger partial charge in [-0.3, -0.25) is 10.1 Å². The molecule has 104 valence electrons. The number of rotatable bonds is 6. The van der Waals surface area contributed by atoms with Crippen LogP contribution in [0.4, 0.5) is 11.5 Å². The SMILES string of the molecule is CC(CCNc1ncccc1[N+](=O)[O-])c1ccccc1. The third-order valence-electron chi connectivity index (χ3n) is 3.22. The van der Waals surface area contributed by atoms with Gasteiger partial charge in [-0.05, 0) is 24.0 Å². The van der Waals surface area contributed by atoms with E-state index in [1.54, 1.807) is 12.3 Å². The van der Waals surface area contributed by atoms with Crippen LogP contribution in [0.3, 0.4) is 0 Å². The number of pyridine rings is 1. The van der Waals surface area contributed by atoms with E-state index in [0.29, 0.717) is 18.3 Å². The summed E-state index contributed by atoms with van der Waals surface area (Å²) in [6.45, 7) is 2.79. The fraction of sp³-hybridized carbons (Fsp3) is 0.267. The van der Waals surface area contributed by atoms with E-state index >= 15 is 0 Å². The van der Waals surface area contributed by atoms with E-state index in [9.17, 15) is 10.1 Å². The van der Waals surface area contributed by atoms with Crippen molar-refractivity contribution in [1.29, 1.82) is 0 Å². The summed E-state index contributed by atoms with van der Waals surface area (Å²) in [5.74, 6) is 0.726. The molecular formula is C15H17N3O2. The van der Waals surface area contributed by atoms with Crippen LogP contribution in [0.25, 0.3) is 0 Å². The maximum absolute atomic E-state index is 10.9. The predicted octanol–water partition coefficient (Wildman–Crippen LogP) is 3.60. The Morgan fingerprint density at radius 3 is 2.70 bits per heavy atom. The van der Waals surface area contributed by atoms with Gasteiger partial charge in [0.15, 0.2) is 0 Å². The van der Waals surface area contributed by atoms with Crippen LogP contribution < -0.4 is 5.32 Å². The lowest BCUT2D eigenvalue weighted by atomic mass is 9.98. The van der Waals surface area contributed by atoms with Gasteiger partial charge in [0.25, 0.3) is 0 Å². The zero-order chi connectivity index (χ0) is 14.4. The smallest absolute Gasteiger partial charge is 0.311 e. The van der Waals surface area contributed by atoms with Crippen LogP contribution in [0.1, 0.15) is 24.8 Å². The first-order valence-corrected chi connectivity index (χ1v) is 6.56. The number of aromatic nitrogens is 1. The Morgan fingerprint density at radius 2 is 2.00 bits per heavy atom. The minimum absolute atomic E-state index is 0.0138. The highest BCUT2D eigenvalue weighted by Crippen LogP contribution is 2.22. The molecule has 1 atom stereocenters. The third-order valence-corrected chi connectivity index (χ3v) is 3.22. The fourth-order valence-corrected chi connectivity index (χ4v) is 2.04. The summed E-state index contributed by atoms with van der Waals surface area (Å²) in [5, 5.41) is 13.9. The van der Waals surface area contributed by atoms with Gasteiger partial charge in [-0.1, -0.05) is 37.3 Å². The largest absolute Gasteiger partial charge is 0.364 e. The van der Waals surface area contributed by atoms with Crippen molar-refractivity contribution < 1.29 is 4.92 Å². The number of anilines is 1. The highest BCUT2D eigenvalue weighted by atomic mass is 16.6. The highest BCUT2D eigenvalue weighted by Gasteiger charge is 2.13. The summed E-state index contributed by atoms with van der Waals surface area (Å²) >= 11 is 0. The standard InChI is InChI=1S/C15H17N3O2/c1-12(13-6-3-2-4-7-13)9-11-17-15-14(18(19)20)8-5-10-16-15/h2-8,10,12H,9,11H2,1H3,(H,16,17). The van der Waals surface area contributed by atoms with Crippen LogP contribution in [0.15, 0.2) is 48.7 Å². The van der Waals surface area contributed by atoms with Crippen molar-refractivity contribution in [3.8, 4) is 0 Å². The van der Waals surface area contributed by atoms with Gasteiger partial charge in [-0.2, -0.15) is 0 Å². The van der Waals surface area contributed by atoms with Crippen LogP contribution in [0, 0.1) is 10.1 Å². The molecule has 5 nitrogen and oxygen atoms in total. The first-order chi connectivity index (χ1) is 9.68. The molecule has 0 radical (unpaired) electrons. The van der Waals surface area contributed by atoms with Crippen LogP contribution >= 0.6 is 0 Å². The zero-order valence-electron chi connectivity index (χ0n) is 11.3. The highest BCUT2D eigenvalue weighted by molar-refractivity contribution is 5.54. The van der Waals surface area contributed by atoms with E-state index < -0.39 is 4.92 Å². The molecule has 0 amide bonds. The Balaban J connectivity index is 1.92. The molecule has 1 N–H and O–H groups in total. The molecule has 2 rings (SSSR count). The van der Waals surface area contributed by atoms with Crippen molar-refractivity contribution in [1.82, 2.24) is 4.98 Å². The number of nitro groups is 1. The number of nitrogens with one attached hydrogen (secondary N) is 1. The van der Waals surface area contributed by atoms with Gasteiger partial charge in [0.05, 0.1) is 4.92 Å². The summed E-state index contributed by atoms with van der Waals surface area (Å²) < 4.78 is 0. The maximum Gasteiger partial charge on any atom is 0.311 e. The van der Waals surface area contributed by atoms with Gasteiger partial charge in [0.1, 0.15) is 0 Å². The summed E-state index contributed by atoms with van der Waals surface area (Å²) in [6.07, 6.45) is 2.44. The van der Waals surface area contributed by atoms with E-state index in [-0.39, 0.29) is 5.69 Å². The van der Waals surface area contributed by atoms with Crippen molar-refractivity contribution in [3.63, 3.8) is 0 Å². The number of benzene rings is 1. The topological polar surface area (TPSA) is 68.1 Å². The van der Waals surface area contributed by atoms with Crippen molar-refractivity contribution >= 4 is 11.5 Å². The third kappa shape index (κ3) is 3.54. The van der Waals surface area contributed by atoms with Crippen LogP contribution in [-0.2, 0) is 0 Å². The monoisotopic (exact) mass is 271 g/mol. The molecule has 0 aliphatic carbocycles. The molecule has 0 spiro atoms. The minimum Gasteiger partial charge on any atom is -0.364 e. The van der Waals surface area contributed by atoms with E-state index in [2.05, 4.69) is 29.4 Å². The summed E-state index contributed by atoms with van der Waals surface area (Å²) in [6, 6.07) is 13.2. The first-order valence-electron chi connectivity index (χ1n) is 6.56. The Hall–Kier alpha value is -2.43. The number of hydrogen-bond donors (Lipinski definition) is 1. The molecule has 0 saturated carbocycles. The lowest BCUT2D eigenvalue weighted by Crippen LogP contribution is -2.08. The molecule has 0 bridgehead atoms. The van der Waals surface area contributed by atoms with E-state index in [4.69, 9.17) is 0 Å². The lowest BCUT2D eigenvalue weighted by Gasteiger charge is -2.12. The molecule has 1 aromatic carbocycles. The Kier molecular flexibility index (Phi) is 4.65. The lowest BCUT2D eigenvalue weighted by molar-refractivity contribution is -0.384. The predicted molar refractivity (Wildman–Crippen MR) is 78.9 cm³/mol. The molecule has 1 unspecified atom stereocenters. The second kappa shape index (κ2) is 6.65. The summed E-state index contributed by atoms with van der Waals surface area (Å²) in [4.78, 5) is 14.5. The molecule has 2 aromatic rings. The molecule has 0 aliphatic heterocycles. The normalized spacial score (nSPS) is 11.8. The van der Waals surface area contributed by atoms with E-state index in [0.717, 1.165) is 6.42 Å². The second-order valence-electron chi connectivity index (χ2n) is 4.66. The van der Waals surface area contributed by atoms with Gasteiger partial charge in [0.2, 0.25) is 5.82 Å². The molecule has 5 heteroatoms. The molecule has 0 aliphatic rings. The Morgan fingerprint density at radius 1 is 1.25 bits per heavy atom. The Labute approximate surface area is 117 Å². The van der Waals surface area contributed by atoms with Gasteiger partial charge in [-0.15, -0.1) is 0 Å². The molecule has 20 heavy (non-hydrogen) atoms.